The van der Waals surface area contributed by atoms with Crippen LogP contribution in [0.5, 0.6) is 0 Å². The standard InChI is InChI=1S/C15H32/c1-10-13(15(7,8)9)11(2)12(3)14(4,5)6/h11-13H,10H2,1-9H3. The van der Waals surface area contributed by atoms with E-state index < -0.39 is 0 Å². The molecule has 0 N–H and O–H groups in total. The summed E-state index contributed by atoms with van der Waals surface area (Å²) < 4.78 is 0. The molecule has 0 saturated heterocycles. The highest BCUT2D eigenvalue weighted by atomic mass is 14.4. The molecule has 0 amide bonds. The van der Waals surface area contributed by atoms with Crippen molar-refractivity contribution in [1.82, 2.24) is 0 Å². The van der Waals surface area contributed by atoms with E-state index in [0.717, 1.165) is 17.8 Å². The molecule has 0 fully saturated rings. The molecule has 92 valence electrons. The molecule has 0 aliphatic carbocycles. The Bertz CT molecular complexity index is 177. The molecule has 0 aromatic heterocycles. The third-order valence-electron chi connectivity index (χ3n) is 4.34. The minimum Gasteiger partial charge on any atom is -0.0651 e. The van der Waals surface area contributed by atoms with E-state index in [1.165, 1.54) is 6.42 Å². The second-order valence-electron chi connectivity index (χ2n) is 7.39. The molecule has 0 nitrogen and oxygen atoms in total. The Morgan fingerprint density at radius 2 is 1.20 bits per heavy atom. The summed E-state index contributed by atoms with van der Waals surface area (Å²) in [5, 5.41) is 0. The molecule has 3 unspecified atom stereocenters. The van der Waals surface area contributed by atoms with Gasteiger partial charge in [-0.25, -0.2) is 0 Å². The maximum Gasteiger partial charge on any atom is -0.0339 e. The predicted molar refractivity (Wildman–Crippen MR) is 71.0 cm³/mol. The highest BCUT2D eigenvalue weighted by molar-refractivity contribution is 4.84. The Hall–Kier alpha value is 0. The molecule has 0 rings (SSSR count). The maximum atomic E-state index is 2.44. The summed E-state index contributed by atoms with van der Waals surface area (Å²) >= 11 is 0. The summed E-state index contributed by atoms with van der Waals surface area (Å²) in [7, 11) is 0. The lowest BCUT2D eigenvalue weighted by molar-refractivity contribution is 0.0712. The van der Waals surface area contributed by atoms with Crippen molar-refractivity contribution in [3.05, 3.63) is 0 Å². The molecule has 0 aliphatic heterocycles. The number of rotatable bonds is 3. The van der Waals surface area contributed by atoms with Crippen LogP contribution in [0, 0.1) is 28.6 Å². The predicted octanol–water partition coefficient (Wildman–Crippen LogP) is 5.38. The average Bonchev–Trinajstić information content (AvgIpc) is 1.99. The molecule has 0 bridgehead atoms. The summed E-state index contributed by atoms with van der Waals surface area (Å²) in [6, 6.07) is 0. The third kappa shape index (κ3) is 4.17. The summed E-state index contributed by atoms with van der Waals surface area (Å²) in [6.45, 7) is 21.4. The maximum absolute atomic E-state index is 2.44. The largest absolute Gasteiger partial charge is 0.0651 e. The van der Waals surface area contributed by atoms with Crippen LogP contribution in [0.4, 0.5) is 0 Å². The van der Waals surface area contributed by atoms with Crippen LogP contribution in [0.25, 0.3) is 0 Å². The smallest absolute Gasteiger partial charge is 0.0339 e. The van der Waals surface area contributed by atoms with Gasteiger partial charge in [0.2, 0.25) is 0 Å². The van der Waals surface area contributed by atoms with Gasteiger partial charge in [-0.1, -0.05) is 68.7 Å². The topological polar surface area (TPSA) is 0 Å². The fourth-order valence-electron chi connectivity index (χ4n) is 2.91. The van der Waals surface area contributed by atoms with Gasteiger partial charge in [0.05, 0.1) is 0 Å². The van der Waals surface area contributed by atoms with Crippen LogP contribution in [0.1, 0.15) is 68.7 Å². The van der Waals surface area contributed by atoms with Gasteiger partial charge in [-0.15, -0.1) is 0 Å². The van der Waals surface area contributed by atoms with Crippen LogP contribution in [-0.4, -0.2) is 0 Å². The van der Waals surface area contributed by atoms with Gasteiger partial charge < -0.3 is 0 Å². The quantitative estimate of drug-likeness (QED) is 0.589. The molecular formula is C15H32. The highest BCUT2D eigenvalue weighted by Gasteiger charge is 2.35. The van der Waals surface area contributed by atoms with Crippen molar-refractivity contribution in [2.75, 3.05) is 0 Å². The zero-order valence-corrected chi connectivity index (χ0v) is 12.4. The first-order chi connectivity index (χ1) is 6.51. The van der Waals surface area contributed by atoms with Gasteiger partial charge in [0.1, 0.15) is 0 Å². The van der Waals surface area contributed by atoms with Crippen LogP contribution in [0.15, 0.2) is 0 Å². The summed E-state index contributed by atoms with van der Waals surface area (Å²) in [4.78, 5) is 0. The first kappa shape index (κ1) is 15.0. The lowest BCUT2D eigenvalue weighted by atomic mass is 9.63. The van der Waals surface area contributed by atoms with Crippen molar-refractivity contribution in [2.24, 2.45) is 28.6 Å². The van der Waals surface area contributed by atoms with Crippen LogP contribution in [0.3, 0.4) is 0 Å². The lowest BCUT2D eigenvalue weighted by Crippen LogP contribution is -2.34. The van der Waals surface area contributed by atoms with Crippen LogP contribution in [-0.2, 0) is 0 Å². The Kier molecular flexibility index (Phi) is 4.89. The Morgan fingerprint density at radius 1 is 0.800 bits per heavy atom. The molecule has 15 heavy (non-hydrogen) atoms. The first-order valence-corrected chi connectivity index (χ1v) is 6.51. The van der Waals surface area contributed by atoms with Crippen molar-refractivity contribution >= 4 is 0 Å². The van der Waals surface area contributed by atoms with Crippen molar-refractivity contribution in [3.8, 4) is 0 Å². The van der Waals surface area contributed by atoms with Gasteiger partial charge in [0.15, 0.2) is 0 Å². The molecule has 0 saturated carbocycles. The van der Waals surface area contributed by atoms with E-state index in [1.807, 2.05) is 0 Å². The molecule has 0 heterocycles. The Morgan fingerprint density at radius 3 is 1.40 bits per heavy atom. The molecule has 0 heteroatoms. The second-order valence-corrected chi connectivity index (χ2v) is 7.39. The fraction of sp³-hybridized carbons (Fsp3) is 1.00. The van der Waals surface area contributed by atoms with Gasteiger partial charge in [0, 0.05) is 0 Å². The van der Waals surface area contributed by atoms with Gasteiger partial charge in [0.25, 0.3) is 0 Å². The van der Waals surface area contributed by atoms with Crippen LogP contribution < -0.4 is 0 Å². The minimum absolute atomic E-state index is 0.429. The van der Waals surface area contributed by atoms with Crippen molar-refractivity contribution in [2.45, 2.75) is 68.7 Å². The van der Waals surface area contributed by atoms with Crippen molar-refractivity contribution in [3.63, 3.8) is 0 Å². The lowest BCUT2D eigenvalue weighted by Gasteiger charge is -2.42. The minimum atomic E-state index is 0.429. The monoisotopic (exact) mass is 212 g/mol. The summed E-state index contributed by atoms with van der Waals surface area (Å²) in [5.41, 5.74) is 0.867. The summed E-state index contributed by atoms with van der Waals surface area (Å²) in [6.07, 6.45) is 1.30. The SMILES string of the molecule is CCC(C(C)C(C)C(C)(C)C)C(C)(C)C. The van der Waals surface area contributed by atoms with Crippen LogP contribution >= 0.6 is 0 Å². The number of hydrogen-bond acceptors (Lipinski definition) is 0. The normalized spacial score (nSPS) is 19.8. The van der Waals surface area contributed by atoms with E-state index >= 15 is 0 Å². The first-order valence-electron chi connectivity index (χ1n) is 6.51. The van der Waals surface area contributed by atoms with Crippen molar-refractivity contribution in [1.29, 1.82) is 0 Å². The van der Waals surface area contributed by atoms with E-state index in [1.54, 1.807) is 0 Å². The van der Waals surface area contributed by atoms with E-state index in [2.05, 4.69) is 62.3 Å². The average molecular weight is 212 g/mol. The van der Waals surface area contributed by atoms with Crippen molar-refractivity contribution < 1.29 is 0 Å². The second kappa shape index (κ2) is 4.89. The zero-order chi connectivity index (χ0) is 12.4. The Balaban J connectivity index is 4.74. The van der Waals surface area contributed by atoms with E-state index in [-0.39, 0.29) is 0 Å². The molecule has 3 atom stereocenters. The van der Waals surface area contributed by atoms with Crippen LogP contribution in [0.2, 0.25) is 0 Å². The zero-order valence-electron chi connectivity index (χ0n) is 12.4. The third-order valence-corrected chi connectivity index (χ3v) is 4.34. The molecule has 0 spiro atoms. The molecule has 0 aromatic carbocycles. The van der Waals surface area contributed by atoms with Gasteiger partial charge in [-0.2, -0.15) is 0 Å². The molecular weight excluding hydrogens is 180 g/mol. The fourth-order valence-corrected chi connectivity index (χ4v) is 2.91. The molecule has 0 radical (unpaired) electrons. The Labute approximate surface area is 97.8 Å². The molecule has 0 aromatic rings. The van der Waals surface area contributed by atoms with E-state index in [0.29, 0.717) is 10.8 Å². The van der Waals surface area contributed by atoms with E-state index in [4.69, 9.17) is 0 Å². The molecule has 0 aliphatic rings. The summed E-state index contributed by atoms with van der Waals surface area (Å²) in [5.74, 6) is 2.41. The van der Waals surface area contributed by atoms with Gasteiger partial charge >= 0.3 is 0 Å². The highest BCUT2D eigenvalue weighted by Crippen LogP contribution is 2.43. The van der Waals surface area contributed by atoms with Gasteiger partial charge in [-0.3, -0.25) is 0 Å². The number of hydrogen-bond donors (Lipinski definition) is 0. The van der Waals surface area contributed by atoms with Gasteiger partial charge in [-0.05, 0) is 28.6 Å². The van der Waals surface area contributed by atoms with E-state index in [9.17, 15) is 0 Å².